The molecule has 1 unspecified atom stereocenters. The minimum atomic E-state index is -4.00. The highest BCUT2D eigenvalue weighted by atomic mass is 32.2. The third-order valence-electron chi connectivity index (χ3n) is 7.33. The molecule has 2 aromatic heterocycles. The summed E-state index contributed by atoms with van der Waals surface area (Å²) in [4.78, 5) is 15.2. The van der Waals surface area contributed by atoms with Gasteiger partial charge in [-0.05, 0) is 80.5 Å². The van der Waals surface area contributed by atoms with Crippen LogP contribution in [0.15, 0.2) is 70.1 Å². The number of nitrogens with zero attached hydrogens (tertiary/aromatic N) is 1. The van der Waals surface area contributed by atoms with Gasteiger partial charge in [-0.3, -0.25) is 4.79 Å². The first-order valence-corrected chi connectivity index (χ1v) is 15.2. The highest BCUT2D eigenvalue weighted by molar-refractivity contribution is 7.91. The maximum absolute atomic E-state index is 13.9. The first-order chi connectivity index (χ1) is 16.9. The number of hydrogen-bond acceptors (Lipinski definition) is 6. The molecule has 5 rings (SSSR count). The van der Waals surface area contributed by atoms with E-state index in [9.17, 15) is 21.6 Å². The maximum atomic E-state index is 13.9. The molecule has 0 spiro atoms. The molecule has 2 aliphatic rings. The van der Waals surface area contributed by atoms with E-state index >= 15 is 0 Å². The van der Waals surface area contributed by atoms with Gasteiger partial charge in [0.05, 0.1) is 4.90 Å². The highest BCUT2D eigenvalue weighted by Gasteiger charge is 2.43. The average Bonchev–Trinajstić information content (AvgIpc) is 3.54. The van der Waals surface area contributed by atoms with E-state index < -0.39 is 30.2 Å². The summed E-state index contributed by atoms with van der Waals surface area (Å²) >= 11 is 0. The Balaban J connectivity index is 1.56. The van der Waals surface area contributed by atoms with Gasteiger partial charge < -0.3 is 10.3 Å². The highest BCUT2D eigenvalue weighted by Crippen LogP contribution is 2.41. The zero-order valence-corrected chi connectivity index (χ0v) is 22.0. The van der Waals surface area contributed by atoms with Gasteiger partial charge in [0.1, 0.15) is 10.3 Å². The largest absolute Gasteiger partial charge is 0.384 e. The first-order valence-electron chi connectivity index (χ1n) is 11.8. The van der Waals surface area contributed by atoms with Gasteiger partial charge in [0, 0.05) is 41.8 Å². The molecule has 0 aliphatic heterocycles. The average molecular weight is 528 g/mol. The maximum Gasteiger partial charge on any atom is 0.273 e. The van der Waals surface area contributed by atoms with Crippen LogP contribution in [0.1, 0.15) is 38.7 Å². The fourth-order valence-corrected chi connectivity index (χ4v) is 7.11. The van der Waals surface area contributed by atoms with Crippen molar-refractivity contribution in [3.8, 4) is 0 Å². The number of aromatic nitrogens is 2. The van der Waals surface area contributed by atoms with Crippen LogP contribution in [0.4, 0.5) is 5.69 Å². The van der Waals surface area contributed by atoms with Gasteiger partial charge >= 0.3 is 0 Å². The molecule has 1 fully saturated rings. The normalized spacial score (nSPS) is 20.8. The third kappa shape index (κ3) is 4.12. The summed E-state index contributed by atoms with van der Waals surface area (Å²) in [6.07, 6.45) is 10.3. The molecule has 0 amide bonds. The Morgan fingerprint density at radius 3 is 2.56 bits per heavy atom. The number of anilines is 1. The second-order valence-corrected chi connectivity index (χ2v) is 14.2. The molecule has 0 saturated heterocycles. The van der Waals surface area contributed by atoms with Gasteiger partial charge in [-0.25, -0.2) is 20.8 Å². The van der Waals surface area contributed by atoms with Crippen molar-refractivity contribution >= 4 is 42.0 Å². The number of allylic oxidation sites excluding steroid dienone is 3. The van der Waals surface area contributed by atoms with E-state index in [4.69, 9.17) is 0 Å². The van der Waals surface area contributed by atoms with Crippen LogP contribution >= 0.6 is 0 Å². The molecule has 8 nitrogen and oxygen atoms in total. The minimum Gasteiger partial charge on any atom is -0.384 e. The number of fused-ring (bicyclic) bond motifs is 1. The van der Waals surface area contributed by atoms with E-state index in [1.807, 2.05) is 6.08 Å². The molecular weight excluding hydrogens is 498 g/mol. The van der Waals surface area contributed by atoms with Crippen LogP contribution in [0.3, 0.4) is 0 Å². The standard InChI is InChI=1S/C26H29N3O5S2/c1-17-14-20(22-15-21(35(3,31)32)6-7-23(22)28-16-18-4-5-18)8-11-26(17,2)36(33,34)29-13-10-19-9-12-27-25(30)24(19)29/h6-10,12-15,18,28H,4-5,11,16H2,1-3H3,(H,27,30). The summed E-state index contributed by atoms with van der Waals surface area (Å²) in [6, 6.07) is 8.30. The molecule has 36 heavy (non-hydrogen) atoms. The predicted molar refractivity (Wildman–Crippen MR) is 142 cm³/mol. The number of hydrogen-bond donors (Lipinski definition) is 2. The van der Waals surface area contributed by atoms with Crippen molar-refractivity contribution in [3.05, 3.63) is 76.4 Å². The second-order valence-electron chi connectivity index (χ2n) is 9.95. The number of H-pyrrole nitrogens is 1. The van der Waals surface area contributed by atoms with E-state index in [1.54, 1.807) is 50.3 Å². The second kappa shape index (κ2) is 8.48. The van der Waals surface area contributed by atoms with E-state index in [-0.39, 0.29) is 16.8 Å². The lowest BCUT2D eigenvalue weighted by Gasteiger charge is -2.33. The van der Waals surface area contributed by atoms with Crippen molar-refractivity contribution in [1.29, 1.82) is 0 Å². The molecule has 3 aromatic rings. The first kappa shape index (κ1) is 24.6. The zero-order valence-electron chi connectivity index (χ0n) is 20.4. The van der Waals surface area contributed by atoms with Crippen molar-refractivity contribution in [1.82, 2.24) is 8.96 Å². The third-order valence-corrected chi connectivity index (χ3v) is 10.9. The molecule has 1 saturated carbocycles. The van der Waals surface area contributed by atoms with Crippen molar-refractivity contribution in [2.45, 2.75) is 42.8 Å². The quantitative estimate of drug-likeness (QED) is 0.481. The van der Waals surface area contributed by atoms with Crippen LogP contribution in [0, 0.1) is 5.92 Å². The van der Waals surface area contributed by atoms with E-state index in [1.165, 1.54) is 31.5 Å². The summed E-state index contributed by atoms with van der Waals surface area (Å²) in [6.45, 7) is 4.23. The number of nitrogens with one attached hydrogen (secondary N) is 2. The Kier molecular flexibility index (Phi) is 5.79. The minimum absolute atomic E-state index is 0.0914. The van der Waals surface area contributed by atoms with Crippen LogP contribution in [0.5, 0.6) is 0 Å². The van der Waals surface area contributed by atoms with E-state index in [0.29, 0.717) is 16.9 Å². The molecule has 10 heteroatoms. The summed E-state index contributed by atoms with van der Waals surface area (Å²) in [5, 5.41) is 3.99. The molecule has 2 aliphatic carbocycles. The van der Waals surface area contributed by atoms with Crippen molar-refractivity contribution in [2.75, 3.05) is 18.1 Å². The topological polar surface area (TPSA) is 118 Å². The SMILES string of the molecule is CC1=CC(c2cc(S(C)(=O)=O)ccc2NCC2CC2)=CCC1(C)S(=O)(=O)n1ccc2cc[nH]c(=O)c21. The molecule has 2 heterocycles. The van der Waals surface area contributed by atoms with Crippen molar-refractivity contribution < 1.29 is 16.8 Å². The fraction of sp³-hybridized carbons (Fsp3) is 0.346. The molecule has 190 valence electrons. The summed E-state index contributed by atoms with van der Waals surface area (Å²) in [7, 11) is -7.43. The molecule has 1 aromatic carbocycles. The Hall–Kier alpha value is -3.11. The predicted octanol–water partition coefficient (Wildman–Crippen LogP) is 3.93. The van der Waals surface area contributed by atoms with E-state index in [2.05, 4.69) is 10.3 Å². The van der Waals surface area contributed by atoms with Gasteiger partial charge in [-0.2, -0.15) is 0 Å². The summed E-state index contributed by atoms with van der Waals surface area (Å²) < 4.78 is 52.0. The van der Waals surface area contributed by atoms with Crippen molar-refractivity contribution in [2.24, 2.45) is 5.92 Å². The Labute approximate surface area is 210 Å². The Morgan fingerprint density at radius 2 is 1.89 bits per heavy atom. The Bertz CT molecular complexity index is 1710. The van der Waals surface area contributed by atoms with Crippen LogP contribution in [-0.4, -0.2) is 43.3 Å². The molecule has 0 radical (unpaired) electrons. The number of benzene rings is 1. The van der Waals surface area contributed by atoms with Crippen molar-refractivity contribution in [3.63, 3.8) is 0 Å². The molecule has 0 bridgehead atoms. The Morgan fingerprint density at radius 1 is 1.14 bits per heavy atom. The zero-order chi connectivity index (χ0) is 25.9. The van der Waals surface area contributed by atoms with Gasteiger partial charge in [-0.1, -0.05) is 12.2 Å². The van der Waals surface area contributed by atoms with Crippen LogP contribution in [-0.2, 0) is 19.9 Å². The summed E-state index contributed by atoms with van der Waals surface area (Å²) in [5.74, 6) is 0.623. The van der Waals surface area contributed by atoms with Gasteiger partial charge in [0.25, 0.3) is 5.56 Å². The van der Waals surface area contributed by atoms with Gasteiger partial charge in [-0.15, -0.1) is 0 Å². The molecule has 2 N–H and O–H groups in total. The number of rotatable bonds is 7. The van der Waals surface area contributed by atoms with Crippen LogP contribution in [0.2, 0.25) is 0 Å². The van der Waals surface area contributed by atoms with Gasteiger partial charge in [0.2, 0.25) is 10.0 Å². The smallest absolute Gasteiger partial charge is 0.273 e. The monoisotopic (exact) mass is 527 g/mol. The molecule has 1 atom stereocenters. The van der Waals surface area contributed by atoms with Gasteiger partial charge in [0.15, 0.2) is 9.84 Å². The lowest BCUT2D eigenvalue weighted by molar-refractivity contribution is 0.547. The fourth-order valence-electron chi connectivity index (χ4n) is 4.62. The number of pyridine rings is 1. The number of sulfone groups is 1. The number of aromatic amines is 1. The lowest BCUT2D eigenvalue weighted by Crippen LogP contribution is -2.41. The van der Waals surface area contributed by atoms with Crippen LogP contribution < -0.4 is 10.9 Å². The molecular formula is C26H29N3O5S2. The summed E-state index contributed by atoms with van der Waals surface area (Å²) in [5.41, 5.74) is 2.53. The lowest BCUT2D eigenvalue weighted by atomic mass is 9.87. The van der Waals surface area contributed by atoms with Crippen LogP contribution in [0.25, 0.3) is 16.5 Å². The van der Waals surface area contributed by atoms with E-state index in [0.717, 1.165) is 27.3 Å².